The zero-order valence-corrected chi connectivity index (χ0v) is 26.8. The van der Waals surface area contributed by atoms with Crippen LogP contribution < -0.4 is 14.8 Å². The van der Waals surface area contributed by atoms with Crippen LogP contribution in [0.4, 0.5) is 0 Å². The normalized spacial score (nSPS) is 19.9. The van der Waals surface area contributed by atoms with Gasteiger partial charge in [-0.2, -0.15) is 0 Å². The first-order chi connectivity index (χ1) is 22.4. The van der Waals surface area contributed by atoms with Gasteiger partial charge in [-0.15, -0.1) is 0 Å². The Bertz CT molecular complexity index is 1400. The summed E-state index contributed by atoms with van der Waals surface area (Å²) in [4.78, 5) is 43.1. The number of cyclic esters (lactones) is 1. The van der Waals surface area contributed by atoms with Crippen LogP contribution >= 0.6 is 0 Å². The van der Waals surface area contributed by atoms with Crippen molar-refractivity contribution in [2.45, 2.75) is 64.5 Å². The quantitative estimate of drug-likeness (QED) is 0.186. The molecule has 1 amide bonds. The number of pyridine rings is 1. The van der Waals surface area contributed by atoms with E-state index < -0.39 is 30.7 Å². The molecule has 1 N–H and O–H groups in total. The Labute approximate surface area is 270 Å². The summed E-state index contributed by atoms with van der Waals surface area (Å²) >= 11 is 0. The molecule has 4 rings (SSSR count). The van der Waals surface area contributed by atoms with Gasteiger partial charge in [0.2, 0.25) is 6.79 Å². The molecule has 1 aliphatic heterocycles. The first-order valence-electron chi connectivity index (χ1n) is 15.9. The van der Waals surface area contributed by atoms with Gasteiger partial charge in [-0.25, -0.2) is 14.6 Å². The second-order valence-electron chi connectivity index (χ2n) is 11.3. The Morgan fingerprint density at radius 2 is 1.72 bits per heavy atom. The summed E-state index contributed by atoms with van der Waals surface area (Å²) in [7, 11) is 1.42. The molecule has 0 aliphatic carbocycles. The first kappa shape index (κ1) is 34.4. The summed E-state index contributed by atoms with van der Waals surface area (Å²) in [5.74, 6) is -1.12. The number of methoxy groups -OCH3 is 1. The number of carbonyl (C=O) groups excluding carboxylic acids is 3. The Hall–Kier alpha value is -4.44. The van der Waals surface area contributed by atoms with E-state index in [1.165, 1.54) is 30.5 Å². The van der Waals surface area contributed by atoms with Crippen molar-refractivity contribution in [3.8, 4) is 11.5 Å². The summed E-state index contributed by atoms with van der Waals surface area (Å²) in [6.45, 7) is 3.37. The van der Waals surface area contributed by atoms with E-state index in [4.69, 9.17) is 23.7 Å². The molecule has 2 heterocycles. The molecule has 10 heteroatoms. The standard InChI is InChI=1S/C36H44N2O8/c1-4-43-23-32(39)44-24-45-34-31(42-3)20-21-37-33(34)35(40)38-30-17-11-16-28(22-27-14-9-6-10-15-27)29(25(2)46-36(30)41)19-18-26-12-7-5-8-13-26/h5-10,12-15,20-21,25,28-30H,4,11,16-19,22-24H2,1-3H3,(H,38,40)/t25-,28+,29-,30-/m0/s1. The highest BCUT2D eigenvalue weighted by Gasteiger charge is 2.35. The topological polar surface area (TPSA) is 122 Å². The van der Waals surface area contributed by atoms with Crippen LogP contribution in [0.1, 0.15) is 61.1 Å². The molecule has 46 heavy (non-hydrogen) atoms. The Morgan fingerprint density at radius 1 is 1.00 bits per heavy atom. The van der Waals surface area contributed by atoms with Gasteiger partial charge < -0.3 is 29.0 Å². The SMILES string of the molecule is CCOCC(=O)OCOc1c(OC)ccnc1C(=O)N[C@H]1CCC[C@H](Cc2ccccc2)[C@@H](CCc2ccccc2)[C@H](C)OC1=O. The number of amides is 1. The van der Waals surface area contributed by atoms with Gasteiger partial charge in [0.15, 0.2) is 17.2 Å². The van der Waals surface area contributed by atoms with Crippen molar-refractivity contribution in [1.82, 2.24) is 10.3 Å². The van der Waals surface area contributed by atoms with E-state index in [9.17, 15) is 14.4 Å². The summed E-state index contributed by atoms with van der Waals surface area (Å²) in [6, 6.07) is 21.4. The molecule has 4 atom stereocenters. The van der Waals surface area contributed by atoms with Crippen LogP contribution in [0.2, 0.25) is 0 Å². The molecule has 1 saturated heterocycles. The van der Waals surface area contributed by atoms with Crippen LogP contribution in [0.15, 0.2) is 72.9 Å². The third kappa shape index (κ3) is 10.0. The van der Waals surface area contributed by atoms with Crippen LogP contribution in [0, 0.1) is 11.8 Å². The molecular weight excluding hydrogens is 588 g/mol. The minimum absolute atomic E-state index is 0.0135. The maximum absolute atomic E-state index is 13.5. The fourth-order valence-corrected chi connectivity index (χ4v) is 5.90. The van der Waals surface area contributed by atoms with Crippen molar-refractivity contribution in [2.24, 2.45) is 11.8 Å². The predicted molar refractivity (Wildman–Crippen MR) is 171 cm³/mol. The van der Waals surface area contributed by atoms with Gasteiger partial charge in [0.25, 0.3) is 5.91 Å². The largest absolute Gasteiger partial charge is 0.493 e. The minimum atomic E-state index is -0.884. The molecule has 0 spiro atoms. The molecule has 0 saturated carbocycles. The summed E-state index contributed by atoms with van der Waals surface area (Å²) in [5, 5.41) is 2.82. The summed E-state index contributed by atoms with van der Waals surface area (Å²) < 4.78 is 27.1. The van der Waals surface area contributed by atoms with E-state index in [1.54, 1.807) is 6.92 Å². The lowest BCUT2D eigenvalue weighted by molar-refractivity contribution is -0.155. The Balaban J connectivity index is 1.48. The number of rotatable bonds is 14. The number of nitrogens with one attached hydrogen (secondary N) is 1. The van der Waals surface area contributed by atoms with E-state index in [1.807, 2.05) is 43.3 Å². The third-order valence-corrected chi connectivity index (χ3v) is 8.27. The lowest BCUT2D eigenvalue weighted by Crippen LogP contribution is -2.43. The lowest BCUT2D eigenvalue weighted by atomic mass is 9.77. The second kappa shape index (κ2) is 17.9. The molecule has 3 aromatic rings. The van der Waals surface area contributed by atoms with E-state index in [0.717, 1.165) is 32.1 Å². The maximum Gasteiger partial charge on any atom is 0.334 e. The molecule has 1 fully saturated rings. The van der Waals surface area contributed by atoms with Crippen LogP contribution in [-0.4, -0.2) is 62.1 Å². The zero-order valence-electron chi connectivity index (χ0n) is 26.8. The number of aryl methyl sites for hydroxylation is 1. The molecule has 246 valence electrons. The number of hydrogen-bond donors (Lipinski definition) is 1. The highest BCUT2D eigenvalue weighted by molar-refractivity contribution is 5.98. The van der Waals surface area contributed by atoms with Crippen molar-refractivity contribution < 1.29 is 38.1 Å². The number of hydrogen-bond acceptors (Lipinski definition) is 9. The number of ether oxygens (including phenoxy) is 5. The fraction of sp³-hybridized carbons (Fsp3) is 0.444. The molecule has 2 aromatic carbocycles. The average molecular weight is 633 g/mol. The number of nitrogens with zero attached hydrogens (tertiary/aromatic N) is 1. The molecule has 10 nitrogen and oxygen atoms in total. The van der Waals surface area contributed by atoms with Gasteiger partial charge in [0.05, 0.1) is 7.11 Å². The van der Waals surface area contributed by atoms with Gasteiger partial charge in [-0.1, -0.05) is 67.1 Å². The van der Waals surface area contributed by atoms with E-state index in [0.29, 0.717) is 13.0 Å². The maximum atomic E-state index is 13.5. The summed E-state index contributed by atoms with van der Waals surface area (Å²) in [6.07, 6.45) is 5.67. The second-order valence-corrected chi connectivity index (χ2v) is 11.3. The number of aromatic nitrogens is 1. The third-order valence-electron chi connectivity index (χ3n) is 8.27. The molecule has 0 unspecified atom stereocenters. The molecule has 0 radical (unpaired) electrons. The number of benzene rings is 2. The van der Waals surface area contributed by atoms with E-state index >= 15 is 0 Å². The lowest BCUT2D eigenvalue weighted by Gasteiger charge is -2.31. The highest BCUT2D eigenvalue weighted by atomic mass is 16.7. The van der Waals surface area contributed by atoms with Crippen molar-refractivity contribution in [3.63, 3.8) is 0 Å². The van der Waals surface area contributed by atoms with Crippen LogP contribution in [0.3, 0.4) is 0 Å². The van der Waals surface area contributed by atoms with E-state index in [-0.39, 0.29) is 41.7 Å². The van der Waals surface area contributed by atoms with E-state index in [2.05, 4.69) is 34.6 Å². The van der Waals surface area contributed by atoms with Gasteiger partial charge in [-0.05, 0) is 68.9 Å². The molecule has 0 bridgehead atoms. The van der Waals surface area contributed by atoms with Crippen molar-refractivity contribution >= 4 is 17.8 Å². The smallest absolute Gasteiger partial charge is 0.334 e. The molecule has 1 aliphatic rings. The van der Waals surface area contributed by atoms with Gasteiger partial charge in [-0.3, -0.25) is 4.79 Å². The zero-order chi connectivity index (χ0) is 32.7. The predicted octanol–water partition coefficient (Wildman–Crippen LogP) is 5.33. The van der Waals surface area contributed by atoms with Crippen molar-refractivity contribution in [2.75, 3.05) is 27.1 Å². The number of carbonyl (C=O) groups is 3. The fourth-order valence-electron chi connectivity index (χ4n) is 5.90. The van der Waals surface area contributed by atoms with Gasteiger partial charge in [0.1, 0.15) is 18.8 Å². The van der Waals surface area contributed by atoms with Crippen molar-refractivity contribution in [3.05, 3.63) is 89.7 Å². The van der Waals surface area contributed by atoms with Crippen LogP contribution in [0.5, 0.6) is 11.5 Å². The molecular formula is C36H44N2O8. The first-order valence-corrected chi connectivity index (χ1v) is 15.9. The monoisotopic (exact) mass is 632 g/mol. The molecule has 1 aromatic heterocycles. The average Bonchev–Trinajstić information content (AvgIpc) is 3.12. The van der Waals surface area contributed by atoms with Gasteiger partial charge >= 0.3 is 11.9 Å². The van der Waals surface area contributed by atoms with Gasteiger partial charge in [0, 0.05) is 18.9 Å². The summed E-state index contributed by atoms with van der Waals surface area (Å²) in [5.41, 5.74) is 2.39. The van der Waals surface area contributed by atoms with Crippen LogP contribution in [-0.2, 0) is 36.6 Å². The number of esters is 2. The Morgan fingerprint density at radius 3 is 2.41 bits per heavy atom. The minimum Gasteiger partial charge on any atom is -0.493 e. The Kier molecular flexibility index (Phi) is 13.4. The van der Waals surface area contributed by atoms with Crippen molar-refractivity contribution in [1.29, 1.82) is 0 Å². The van der Waals surface area contributed by atoms with Crippen LogP contribution in [0.25, 0.3) is 0 Å². The highest BCUT2D eigenvalue weighted by Crippen LogP contribution is 2.34.